The van der Waals surface area contributed by atoms with Crippen LogP contribution in [0, 0.1) is 0 Å². The standard InChI is InChI=1S/C9H8BrN5O2S/c10-6-1-7(3-12-2-6)15-18(16,17)8-4-13-9(11)14-5-8/h1-5,15H,(H2,11,13,14). The zero-order valence-electron chi connectivity index (χ0n) is 8.91. The van der Waals surface area contributed by atoms with Crippen molar-refractivity contribution in [1.29, 1.82) is 0 Å². The normalized spacial score (nSPS) is 11.2. The lowest BCUT2D eigenvalue weighted by Crippen LogP contribution is -2.14. The van der Waals surface area contributed by atoms with Crippen LogP contribution in [-0.4, -0.2) is 23.4 Å². The highest BCUT2D eigenvalue weighted by molar-refractivity contribution is 9.10. The van der Waals surface area contributed by atoms with E-state index in [0.29, 0.717) is 10.2 Å². The quantitative estimate of drug-likeness (QED) is 0.869. The number of hydrogen-bond acceptors (Lipinski definition) is 6. The molecule has 0 bridgehead atoms. The molecule has 2 aromatic heterocycles. The Morgan fingerprint density at radius 2 is 1.83 bits per heavy atom. The van der Waals surface area contributed by atoms with Crippen LogP contribution in [-0.2, 0) is 10.0 Å². The van der Waals surface area contributed by atoms with E-state index >= 15 is 0 Å². The van der Waals surface area contributed by atoms with Gasteiger partial charge in [0.1, 0.15) is 4.90 Å². The van der Waals surface area contributed by atoms with Gasteiger partial charge >= 0.3 is 0 Å². The lowest BCUT2D eigenvalue weighted by molar-refractivity contribution is 0.600. The molecule has 0 aromatic carbocycles. The summed E-state index contributed by atoms with van der Waals surface area (Å²) in [6.45, 7) is 0. The van der Waals surface area contributed by atoms with Gasteiger partial charge in [-0.05, 0) is 22.0 Å². The van der Waals surface area contributed by atoms with Gasteiger partial charge in [-0.3, -0.25) is 9.71 Å². The summed E-state index contributed by atoms with van der Waals surface area (Å²) >= 11 is 3.20. The third-order valence-electron chi connectivity index (χ3n) is 1.92. The number of nitrogens with two attached hydrogens (primary N) is 1. The van der Waals surface area contributed by atoms with Gasteiger partial charge < -0.3 is 5.73 Å². The van der Waals surface area contributed by atoms with Gasteiger partial charge in [0.2, 0.25) is 5.95 Å². The molecule has 0 spiro atoms. The molecule has 0 saturated carbocycles. The van der Waals surface area contributed by atoms with E-state index in [0.717, 1.165) is 12.4 Å². The molecule has 7 nitrogen and oxygen atoms in total. The summed E-state index contributed by atoms with van der Waals surface area (Å²) in [6.07, 6.45) is 5.21. The van der Waals surface area contributed by atoms with Crippen molar-refractivity contribution in [2.24, 2.45) is 0 Å². The van der Waals surface area contributed by atoms with Crippen molar-refractivity contribution in [2.75, 3.05) is 10.5 Å². The molecule has 0 aliphatic carbocycles. The van der Waals surface area contributed by atoms with Crippen LogP contribution in [0.15, 0.2) is 40.2 Å². The summed E-state index contributed by atoms with van der Waals surface area (Å²) in [5.41, 5.74) is 5.62. The summed E-state index contributed by atoms with van der Waals surface area (Å²) in [7, 11) is -3.74. The van der Waals surface area contributed by atoms with E-state index in [2.05, 4.69) is 35.6 Å². The second-order valence-electron chi connectivity index (χ2n) is 3.27. The molecule has 9 heteroatoms. The molecule has 0 atom stereocenters. The molecule has 0 fully saturated rings. The fraction of sp³-hybridized carbons (Fsp3) is 0. The molecular weight excluding hydrogens is 322 g/mol. The molecule has 2 aromatic rings. The first-order chi connectivity index (χ1) is 8.47. The molecule has 0 radical (unpaired) electrons. The molecule has 18 heavy (non-hydrogen) atoms. The van der Waals surface area contributed by atoms with E-state index in [1.165, 1.54) is 6.20 Å². The molecular formula is C9H8BrN5O2S. The van der Waals surface area contributed by atoms with Crippen molar-refractivity contribution < 1.29 is 8.42 Å². The smallest absolute Gasteiger partial charge is 0.265 e. The van der Waals surface area contributed by atoms with E-state index in [4.69, 9.17) is 5.73 Å². The summed E-state index contributed by atoms with van der Waals surface area (Å²) in [6, 6.07) is 1.59. The van der Waals surface area contributed by atoms with Crippen LogP contribution < -0.4 is 10.5 Å². The van der Waals surface area contributed by atoms with E-state index in [1.807, 2.05) is 0 Å². The summed E-state index contributed by atoms with van der Waals surface area (Å²) in [5.74, 6) is 0.0121. The van der Waals surface area contributed by atoms with Crippen LogP contribution in [0.5, 0.6) is 0 Å². The molecule has 2 heterocycles. The Bertz CT molecular complexity index is 659. The predicted molar refractivity (Wildman–Crippen MR) is 69.2 cm³/mol. The fourth-order valence-corrected chi connectivity index (χ4v) is 2.43. The Balaban J connectivity index is 2.30. The lowest BCUT2D eigenvalue weighted by atomic mass is 10.4. The van der Waals surface area contributed by atoms with Gasteiger partial charge in [0.05, 0.1) is 24.3 Å². The first-order valence-corrected chi connectivity index (χ1v) is 6.96. The Hall–Kier alpha value is -1.74. The van der Waals surface area contributed by atoms with Gasteiger partial charge in [0.15, 0.2) is 0 Å². The van der Waals surface area contributed by atoms with Crippen LogP contribution in [0.2, 0.25) is 0 Å². The second-order valence-corrected chi connectivity index (χ2v) is 5.87. The largest absolute Gasteiger partial charge is 0.368 e. The number of halogens is 1. The number of hydrogen-bond donors (Lipinski definition) is 2. The second kappa shape index (κ2) is 4.86. The molecule has 0 aliphatic heterocycles. The van der Waals surface area contributed by atoms with Crippen molar-refractivity contribution in [1.82, 2.24) is 15.0 Å². The number of sulfonamides is 1. The van der Waals surface area contributed by atoms with Gasteiger partial charge in [0, 0.05) is 10.7 Å². The highest BCUT2D eigenvalue weighted by Crippen LogP contribution is 2.17. The van der Waals surface area contributed by atoms with Crippen LogP contribution in [0.1, 0.15) is 0 Å². The van der Waals surface area contributed by atoms with E-state index in [9.17, 15) is 8.42 Å². The van der Waals surface area contributed by atoms with E-state index in [-0.39, 0.29) is 10.8 Å². The van der Waals surface area contributed by atoms with Crippen molar-refractivity contribution in [3.05, 3.63) is 35.3 Å². The minimum absolute atomic E-state index is 0.0121. The maximum absolute atomic E-state index is 11.9. The van der Waals surface area contributed by atoms with Crippen LogP contribution in [0.4, 0.5) is 11.6 Å². The molecule has 0 unspecified atom stereocenters. The average Bonchev–Trinajstić information content (AvgIpc) is 2.29. The van der Waals surface area contributed by atoms with Crippen molar-refractivity contribution in [2.45, 2.75) is 4.90 Å². The highest BCUT2D eigenvalue weighted by Gasteiger charge is 2.15. The number of nitrogen functional groups attached to an aromatic ring is 1. The van der Waals surface area contributed by atoms with Crippen LogP contribution >= 0.6 is 15.9 Å². The first-order valence-electron chi connectivity index (χ1n) is 4.68. The van der Waals surface area contributed by atoms with Gasteiger partial charge in [0.25, 0.3) is 10.0 Å². The Morgan fingerprint density at radius 3 is 2.44 bits per heavy atom. The fourth-order valence-electron chi connectivity index (χ4n) is 1.15. The maximum atomic E-state index is 11.9. The molecule has 94 valence electrons. The number of rotatable bonds is 3. The SMILES string of the molecule is Nc1ncc(S(=O)(=O)Nc2cncc(Br)c2)cn1. The minimum Gasteiger partial charge on any atom is -0.368 e. The average molecular weight is 330 g/mol. The zero-order chi connectivity index (χ0) is 13.2. The number of pyridine rings is 1. The monoisotopic (exact) mass is 329 g/mol. The van der Waals surface area contributed by atoms with E-state index < -0.39 is 10.0 Å². The maximum Gasteiger partial charge on any atom is 0.265 e. The number of aromatic nitrogens is 3. The topological polar surface area (TPSA) is 111 Å². The van der Waals surface area contributed by atoms with Gasteiger partial charge in [-0.1, -0.05) is 0 Å². The minimum atomic E-state index is -3.74. The summed E-state index contributed by atoms with van der Waals surface area (Å²) < 4.78 is 26.9. The number of anilines is 2. The third-order valence-corrected chi connectivity index (χ3v) is 3.69. The predicted octanol–water partition coefficient (Wildman–Crippen LogP) is 1.02. The molecule has 2 rings (SSSR count). The molecule has 3 N–H and O–H groups in total. The van der Waals surface area contributed by atoms with Gasteiger partial charge in [-0.2, -0.15) is 0 Å². The van der Waals surface area contributed by atoms with Crippen molar-refractivity contribution in [3.63, 3.8) is 0 Å². The molecule has 0 aliphatic rings. The van der Waals surface area contributed by atoms with Crippen LogP contribution in [0.25, 0.3) is 0 Å². The van der Waals surface area contributed by atoms with Crippen LogP contribution in [0.3, 0.4) is 0 Å². The Morgan fingerprint density at radius 1 is 1.17 bits per heavy atom. The zero-order valence-corrected chi connectivity index (χ0v) is 11.3. The third kappa shape index (κ3) is 2.93. The Kier molecular flexibility index (Phi) is 3.43. The Labute approximate surface area is 112 Å². The molecule has 0 saturated heterocycles. The van der Waals surface area contributed by atoms with Crippen molar-refractivity contribution in [3.8, 4) is 0 Å². The number of nitrogens with one attached hydrogen (secondary N) is 1. The molecule has 0 amide bonds. The van der Waals surface area contributed by atoms with Gasteiger partial charge in [-0.15, -0.1) is 0 Å². The first kappa shape index (κ1) is 12.7. The van der Waals surface area contributed by atoms with E-state index in [1.54, 1.807) is 12.3 Å². The summed E-state index contributed by atoms with van der Waals surface area (Å²) in [4.78, 5) is 11.0. The highest BCUT2D eigenvalue weighted by atomic mass is 79.9. The summed E-state index contributed by atoms with van der Waals surface area (Å²) in [5, 5.41) is 0. The van der Waals surface area contributed by atoms with Gasteiger partial charge in [-0.25, -0.2) is 18.4 Å². The number of nitrogens with zero attached hydrogens (tertiary/aromatic N) is 3. The van der Waals surface area contributed by atoms with Crippen molar-refractivity contribution >= 4 is 37.6 Å². The lowest BCUT2D eigenvalue weighted by Gasteiger charge is -2.07.